The van der Waals surface area contributed by atoms with Crippen molar-refractivity contribution in [2.24, 2.45) is 11.8 Å². The summed E-state index contributed by atoms with van der Waals surface area (Å²) < 4.78 is 11.3. The van der Waals surface area contributed by atoms with Gasteiger partial charge in [-0.15, -0.1) is 0 Å². The fraction of sp³-hybridized carbons (Fsp3) is 0.833. The molecular formula is C18H30O8. The molecule has 0 unspecified atom stereocenters. The zero-order valence-corrected chi connectivity index (χ0v) is 15.0. The average Bonchev–Trinajstić information content (AvgIpc) is 2.96. The Morgan fingerprint density at radius 3 is 2.50 bits per heavy atom. The van der Waals surface area contributed by atoms with Crippen LogP contribution in [0.5, 0.6) is 0 Å². The highest BCUT2D eigenvalue weighted by Crippen LogP contribution is 2.40. The highest BCUT2D eigenvalue weighted by molar-refractivity contribution is 5.67. The zero-order valence-electron chi connectivity index (χ0n) is 15.0. The lowest BCUT2D eigenvalue weighted by molar-refractivity contribution is -0.313. The van der Waals surface area contributed by atoms with Gasteiger partial charge in [0, 0.05) is 6.42 Å². The van der Waals surface area contributed by atoms with E-state index in [1.165, 1.54) is 0 Å². The molecule has 1 saturated heterocycles. The second-order valence-electron chi connectivity index (χ2n) is 7.09. The van der Waals surface area contributed by atoms with Crippen LogP contribution in [-0.4, -0.2) is 74.9 Å². The predicted octanol–water partition coefficient (Wildman–Crippen LogP) is 0.0287. The van der Waals surface area contributed by atoms with Crippen molar-refractivity contribution in [1.82, 2.24) is 0 Å². The molecule has 0 aromatic carbocycles. The first kappa shape index (κ1) is 21.3. The topological polar surface area (TPSA) is 137 Å². The van der Waals surface area contributed by atoms with Gasteiger partial charge in [0.25, 0.3) is 0 Å². The molecule has 2 fully saturated rings. The highest BCUT2D eigenvalue weighted by Gasteiger charge is 2.47. The summed E-state index contributed by atoms with van der Waals surface area (Å²) in [5.74, 6) is -0.932. The van der Waals surface area contributed by atoms with Gasteiger partial charge in [0.2, 0.25) is 0 Å². The number of ether oxygens (including phenoxy) is 2. The summed E-state index contributed by atoms with van der Waals surface area (Å²) in [5, 5.41) is 48.3. The second kappa shape index (κ2) is 9.77. The summed E-state index contributed by atoms with van der Waals surface area (Å²) in [4.78, 5) is 11.1. The third-order valence-corrected chi connectivity index (χ3v) is 5.31. The fourth-order valence-corrected chi connectivity index (χ4v) is 3.87. The first-order valence-corrected chi connectivity index (χ1v) is 9.21. The highest BCUT2D eigenvalue weighted by atomic mass is 16.7. The molecule has 150 valence electrons. The van der Waals surface area contributed by atoms with Crippen molar-refractivity contribution >= 4 is 5.97 Å². The van der Waals surface area contributed by atoms with Gasteiger partial charge in [0.1, 0.15) is 24.4 Å². The van der Waals surface area contributed by atoms with E-state index in [1.807, 2.05) is 19.1 Å². The third-order valence-electron chi connectivity index (χ3n) is 5.31. The minimum atomic E-state index is -1.49. The van der Waals surface area contributed by atoms with Gasteiger partial charge in [-0.3, -0.25) is 4.79 Å². The quantitative estimate of drug-likeness (QED) is 0.375. The molecule has 0 aromatic rings. The van der Waals surface area contributed by atoms with E-state index >= 15 is 0 Å². The van der Waals surface area contributed by atoms with Gasteiger partial charge in [0.05, 0.1) is 12.7 Å². The first-order valence-electron chi connectivity index (χ1n) is 9.21. The largest absolute Gasteiger partial charge is 0.481 e. The standard InChI is InChI=1S/C18H30O8/c1-2-3-4-5-11-10(8-14(20)21)6-7-12(11)25-18-17(24)16(23)15(22)13(9-19)26-18/h3-4,10-13,15-19,22-24H,2,5-9H2,1H3,(H,20,21)/b4-3-/t10-,11-,12-,13-,15+,16+,17+,18-/m0/s1. The third kappa shape index (κ3) is 5.03. The van der Waals surface area contributed by atoms with Crippen LogP contribution in [0, 0.1) is 11.8 Å². The van der Waals surface area contributed by atoms with Crippen molar-refractivity contribution in [2.45, 2.75) is 75.8 Å². The number of aliphatic hydroxyl groups is 4. The van der Waals surface area contributed by atoms with E-state index < -0.39 is 43.3 Å². The number of hydrogen-bond donors (Lipinski definition) is 5. The summed E-state index contributed by atoms with van der Waals surface area (Å²) in [6.45, 7) is 1.50. The number of carbonyl (C=O) groups is 1. The molecular weight excluding hydrogens is 344 g/mol. The van der Waals surface area contributed by atoms with Crippen molar-refractivity contribution in [2.75, 3.05) is 6.61 Å². The van der Waals surface area contributed by atoms with Crippen LogP contribution in [0.3, 0.4) is 0 Å². The minimum Gasteiger partial charge on any atom is -0.481 e. The van der Waals surface area contributed by atoms with Gasteiger partial charge in [-0.2, -0.15) is 0 Å². The smallest absolute Gasteiger partial charge is 0.303 e. The van der Waals surface area contributed by atoms with Gasteiger partial charge in [-0.25, -0.2) is 0 Å². The molecule has 0 amide bonds. The Morgan fingerprint density at radius 2 is 1.88 bits per heavy atom. The first-order chi connectivity index (χ1) is 12.4. The Balaban J connectivity index is 2.07. The van der Waals surface area contributed by atoms with Gasteiger partial charge >= 0.3 is 5.97 Å². The van der Waals surface area contributed by atoms with Crippen LogP contribution in [0.15, 0.2) is 12.2 Å². The number of carboxylic acids is 1. The zero-order chi connectivity index (χ0) is 19.3. The van der Waals surface area contributed by atoms with Crippen molar-refractivity contribution in [3.05, 3.63) is 12.2 Å². The number of allylic oxidation sites excluding steroid dienone is 2. The van der Waals surface area contributed by atoms with Crippen LogP contribution < -0.4 is 0 Å². The molecule has 2 rings (SSSR count). The number of carboxylic acid groups (broad SMARTS) is 1. The predicted molar refractivity (Wildman–Crippen MR) is 91.2 cm³/mol. The molecule has 0 radical (unpaired) electrons. The molecule has 2 aliphatic rings. The lowest BCUT2D eigenvalue weighted by Gasteiger charge is -2.41. The van der Waals surface area contributed by atoms with Crippen LogP contribution in [0.2, 0.25) is 0 Å². The number of hydrogen-bond acceptors (Lipinski definition) is 7. The number of aliphatic hydroxyl groups excluding tert-OH is 4. The Bertz CT molecular complexity index is 480. The van der Waals surface area contributed by atoms with Gasteiger partial charge < -0.3 is 35.0 Å². The Kier molecular flexibility index (Phi) is 8.00. The maximum absolute atomic E-state index is 11.1. The molecule has 8 heteroatoms. The lowest BCUT2D eigenvalue weighted by Crippen LogP contribution is -2.59. The summed E-state index contributed by atoms with van der Waals surface area (Å²) in [6, 6.07) is 0. The van der Waals surface area contributed by atoms with Crippen LogP contribution in [-0.2, 0) is 14.3 Å². The van der Waals surface area contributed by atoms with E-state index in [2.05, 4.69) is 0 Å². The normalized spacial score (nSPS) is 41.0. The van der Waals surface area contributed by atoms with E-state index in [1.54, 1.807) is 0 Å². The lowest BCUT2D eigenvalue weighted by atomic mass is 9.88. The molecule has 8 nitrogen and oxygen atoms in total. The van der Waals surface area contributed by atoms with Crippen LogP contribution in [0.1, 0.15) is 39.0 Å². The monoisotopic (exact) mass is 374 g/mol. The molecule has 1 aliphatic heterocycles. The summed E-state index contributed by atoms with van der Waals surface area (Å²) in [6.07, 6.45) is 0.0423. The molecule has 1 heterocycles. The van der Waals surface area contributed by atoms with E-state index in [-0.39, 0.29) is 24.4 Å². The van der Waals surface area contributed by atoms with Gasteiger partial charge in [-0.05, 0) is 37.5 Å². The van der Waals surface area contributed by atoms with E-state index in [4.69, 9.17) is 14.6 Å². The Labute approximate surface area is 153 Å². The van der Waals surface area contributed by atoms with E-state index in [9.17, 15) is 25.2 Å². The number of aliphatic carboxylic acids is 1. The Morgan fingerprint density at radius 1 is 1.15 bits per heavy atom. The SMILES string of the molecule is CC/C=C\C[C@H]1[C@H](CC(=O)O)CC[C@@H]1O[C@H]1O[C@@H](CO)[C@@H](O)[C@@H](O)[C@H]1O. The van der Waals surface area contributed by atoms with Crippen molar-refractivity contribution in [3.8, 4) is 0 Å². The molecule has 1 saturated carbocycles. The van der Waals surface area contributed by atoms with Crippen molar-refractivity contribution < 1.29 is 39.8 Å². The van der Waals surface area contributed by atoms with Gasteiger partial charge in [0.15, 0.2) is 6.29 Å². The van der Waals surface area contributed by atoms with Gasteiger partial charge in [-0.1, -0.05) is 19.1 Å². The summed E-state index contributed by atoms with van der Waals surface area (Å²) in [5.41, 5.74) is 0. The second-order valence-corrected chi connectivity index (χ2v) is 7.09. The number of rotatable bonds is 8. The van der Waals surface area contributed by atoms with Crippen LogP contribution in [0.25, 0.3) is 0 Å². The van der Waals surface area contributed by atoms with Crippen molar-refractivity contribution in [1.29, 1.82) is 0 Å². The Hall–Kier alpha value is -1.03. The fourth-order valence-electron chi connectivity index (χ4n) is 3.87. The maximum atomic E-state index is 11.1. The van der Waals surface area contributed by atoms with Crippen LogP contribution in [0.4, 0.5) is 0 Å². The molecule has 5 N–H and O–H groups in total. The van der Waals surface area contributed by atoms with Crippen molar-refractivity contribution in [3.63, 3.8) is 0 Å². The molecule has 0 bridgehead atoms. The van der Waals surface area contributed by atoms with Crippen LogP contribution >= 0.6 is 0 Å². The minimum absolute atomic E-state index is 0.0381. The maximum Gasteiger partial charge on any atom is 0.303 e. The summed E-state index contributed by atoms with van der Waals surface area (Å²) in [7, 11) is 0. The molecule has 8 atom stereocenters. The summed E-state index contributed by atoms with van der Waals surface area (Å²) >= 11 is 0. The molecule has 1 aliphatic carbocycles. The molecule has 0 aromatic heterocycles. The molecule has 0 spiro atoms. The van der Waals surface area contributed by atoms with E-state index in [0.717, 1.165) is 6.42 Å². The molecule has 26 heavy (non-hydrogen) atoms. The average molecular weight is 374 g/mol. The van der Waals surface area contributed by atoms with E-state index in [0.29, 0.717) is 19.3 Å².